The fraction of sp³-hybridized carbons (Fsp3) is 0.0417. The van der Waals surface area contributed by atoms with Crippen molar-refractivity contribution in [3.63, 3.8) is 0 Å². The standard InChI is InChI=1S/C24H20N4O5S/c29-22(15-12-17-10-13-19(14-11-17)28(31)32)25-24(34)27-26-23(30)20-8-4-5-9-21(20)33-16-18-6-2-1-3-7-18/h1-15H,16H2,(H,26,30)(H2,25,27,29,34)/b15-12+. The first kappa shape index (κ1) is 24.1. The van der Waals surface area contributed by atoms with Crippen molar-refractivity contribution < 1.29 is 19.2 Å². The molecule has 3 aromatic rings. The Labute approximate surface area is 200 Å². The molecule has 9 nitrogen and oxygen atoms in total. The molecule has 3 rings (SSSR count). The maximum atomic E-state index is 12.6. The summed E-state index contributed by atoms with van der Waals surface area (Å²) in [5.74, 6) is -0.648. The molecule has 0 bridgehead atoms. The Bertz CT molecular complexity index is 1210. The number of hydrogen-bond acceptors (Lipinski definition) is 6. The van der Waals surface area contributed by atoms with Crippen molar-refractivity contribution in [2.75, 3.05) is 0 Å². The smallest absolute Gasteiger partial charge is 0.273 e. The van der Waals surface area contributed by atoms with Crippen LogP contribution in [0.3, 0.4) is 0 Å². The van der Waals surface area contributed by atoms with E-state index in [2.05, 4.69) is 16.2 Å². The summed E-state index contributed by atoms with van der Waals surface area (Å²) in [5, 5.41) is 12.9. The molecule has 0 heterocycles. The number of rotatable bonds is 7. The summed E-state index contributed by atoms with van der Waals surface area (Å²) in [6.07, 6.45) is 2.68. The van der Waals surface area contributed by atoms with E-state index in [4.69, 9.17) is 17.0 Å². The molecule has 0 saturated heterocycles. The molecule has 0 aromatic heterocycles. The topological polar surface area (TPSA) is 123 Å². The molecule has 0 atom stereocenters. The monoisotopic (exact) mass is 476 g/mol. The van der Waals surface area contributed by atoms with Gasteiger partial charge >= 0.3 is 0 Å². The van der Waals surface area contributed by atoms with Gasteiger partial charge in [-0.3, -0.25) is 35.9 Å². The van der Waals surface area contributed by atoms with Gasteiger partial charge in [0, 0.05) is 18.2 Å². The minimum atomic E-state index is -0.545. The molecule has 3 aromatic carbocycles. The Kier molecular flexibility index (Phi) is 8.42. The first-order valence-electron chi connectivity index (χ1n) is 10.0. The number of para-hydroxylation sites is 1. The lowest BCUT2D eigenvalue weighted by Gasteiger charge is -2.13. The number of ether oxygens (including phenoxy) is 1. The number of carbonyl (C=O) groups excluding carboxylic acids is 2. The summed E-state index contributed by atoms with van der Waals surface area (Å²) in [6, 6.07) is 22.0. The first-order chi connectivity index (χ1) is 16.4. The normalized spacial score (nSPS) is 10.4. The fourth-order valence-electron chi connectivity index (χ4n) is 2.76. The number of hydrazine groups is 1. The first-order valence-corrected chi connectivity index (χ1v) is 10.4. The Morgan fingerprint density at radius 3 is 2.32 bits per heavy atom. The molecule has 0 radical (unpaired) electrons. The van der Waals surface area contributed by atoms with E-state index in [-0.39, 0.29) is 16.4 Å². The van der Waals surface area contributed by atoms with Gasteiger partial charge in [0.1, 0.15) is 12.4 Å². The highest BCUT2D eigenvalue weighted by atomic mass is 32.1. The van der Waals surface area contributed by atoms with Gasteiger partial charge < -0.3 is 4.74 Å². The summed E-state index contributed by atoms with van der Waals surface area (Å²) in [6.45, 7) is 0.300. The van der Waals surface area contributed by atoms with Gasteiger partial charge in [-0.1, -0.05) is 42.5 Å². The third-order valence-electron chi connectivity index (χ3n) is 4.43. The number of non-ortho nitro benzene ring substituents is 1. The van der Waals surface area contributed by atoms with Crippen molar-refractivity contribution in [3.05, 3.63) is 112 Å². The van der Waals surface area contributed by atoms with E-state index in [1.54, 1.807) is 24.3 Å². The Balaban J connectivity index is 1.49. The van der Waals surface area contributed by atoms with Crippen LogP contribution in [0.2, 0.25) is 0 Å². The van der Waals surface area contributed by atoms with Crippen LogP contribution >= 0.6 is 12.2 Å². The molecule has 0 aliphatic carbocycles. The number of amides is 2. The largest absolute Gasteiger partial charge is 0.488 e. The van der Waals surface area contributed by atoms with Crippen molar-refractivity contribution in [1.82, 2.24) is 16.2 Å². The van der Waals surface area contributed by atoms with Crippen LogP contribution in [-0.2, 0) is 11.4 Å². The van der Waals surface area contributed by atoms with Crippen LogP contribution in [0.5, 0.6) is 5.75 Å². The van der Waals surface area contributed by atoms with Crippen LogP contribution in [0.4, 0.5) is 5.69 Å². The summed E-state index contributed by atoms with van der Waals surface area (Å²) in [5.41, 5.74) is 6.69. The van der Waals surface area contributed by atoms with Gasteiger partial charge in [0.25, 0.3) is 11.6 Å². The van der Waals surface area contributed by atoms with Crippen LogP contribution < -0.4 is 20.9 Å². The predicted octanol–water partition coefficient (Wildman–Crippen LogP) is 3.52. The molecule has 0 saturated carbocycles. The molecule has 0 aliphatic heterocycles. The number of thiocarbonyl (C=S) groups is 1. The van der Waals surface area contributed by atoms with Crippen LogP contribution in [0.1, 0.15) is 21.5 Å². The molecule has 2 amide bonds. The van der Waals surface area contributed by atoms with Crippen LogP contribution in [0, 0.1) is 10.1 Å². The Morgan fingerprint density at radius 2 is 1.62 bits per heavy atom. The van der Waals surface area contributed by atoms with Gasteiger partial charge in [0.15, 0.2) is 5.11 Å². The lowest BCUT2D eigenvalue weighted by molar-refractivity contribution is -0.384. The minimum absolute atomic E-state index is 0.0465. The zero-order chi connectivity index (χ0) is 24.3. The molecule has 172 valence electrons. The van der Waals surface area contributed by atoms with Gasteiger partial charge in [-0.2, -0.15) is 0 Å². The maximum Gasteiger partial charge on any atom is 0.273 e. The van der Waals surface area contributed by atoms with Crippen LogP contribution in [0.25, 0.3) is 6.08 Å². The number of nitrogens with one attached hydrogen (secondary N) is 3. The average molecular weight is 477 g/mol. The molecule has 3 N–H and O–H groups in total. The molecule has 0 spiro atoms. The van der Waals surface area contributed by atoms with Gasteiger partial charge in [-0.05, 0) is 53.7 Å². The fourth-order valence-corrected chi connectivity index (χ4v) is 2.91. The second kappa shape index (κ2) is 11.9. The molecular weight excluding hydrogens is 456 g/mol. The van der Waals surface area contributed by atoms with E-state index >= 15 is 0 Å². The average Bonchev–Trinajstić information content (AvgIpc) is 2.86. The summed E-state index contributed by atoms with van der Waals surface area (Å²) in [7, 11) is 0. The lowest BCUT2D eigenvalue weighted by atomic mass is 10.2. The second-order valence-electron chi connectivity index (χ2n) is 6.85. The summed E-state index contributed by atoms with van der Waals surface area (Å²) >= 11 is 5.03. The van der Waals surface area contributed by atoms with Crippen molar-refractivity contribution >= 4 is 40.9 Å². The number of benzene rings is 3. The van der Waals surface area contributed by atoms with Gasteiger partial charge in [-0.25, -0.2) is 0 Å². The molecular formula is C24H20N4O5S. The Morgan fingerprint density at radius 1 is 0.941 bits per heavy atom. The highest BCUT2D eigenvalue weighted by molar-refractivity contribution is 7.80. The highest BCUT2D eigenvalue weighted by Gasteiger charge is 2.13. The summed E-state index contributed by atoms with van der Waals surface area (Å²) in [4.78, 5) is 34.8. The second-order valence-corrected chi connectivity index (χ2v) is 7.26. The maximum absolute atomic E-state index is 12.6. The predicted molar refractivity (Wildman–Crippen MR) is 131 cm³/mol. The number of nitro benzene ring substituents is 1. The van der Waals surface area contributed by atoms with Crippen molar-refractivity contribution in [2.45, 2.75) is 6.61 Å². The minimum Gasteiger partial charge on any atom is -0.488 e. The third-order valence-corrected chi connectivity index (χ3v) is 4.63. The van der Waals surface area contributed by atoms with E-state index < -0.39 is 16.7 Å². The molecule has 0 unspecified atom stereocenters. The number of hydrogen-bond donors (Lipinski definition) is 3. The molecule has 10 heteroatoms. The highest BCUT2D eigenvalue weighted by Crippen LogP contribution is 2.19. The van der Waals surface area contributed by atoms with Crippen molar-refractivity contribution in [2.24, 2.45) is 0 Å². The van der Waals surface area contributed by atoms with Crippen LogP contribution in [0.15, 0.2) is 84.9 Å². The summed E-state index contributed by atoms with van der Waals surface area (Å²) < 4.78 is 5.77. The number of nitro groups is 1. The molecule has 34 heavy (non-hydrogen) atoms. The number of nitrogens with zero attached hydrogens (tertiary/aromatic N) is 1. The van der Waals surface area contributed by atoms with E-state index in [9.17, 15) is 19.7 Å². The van der Waals surface area contributed by atoms with Crippen molar-refractivity contribution in [1.29, 1.82) is 0 Å². The number of carbonyl (C=O) groups is 2. The quantitative estimate of drug-likeness (QED) is 0.206. The van der Waals surface area contributed by atoms with E-state index in [1.807, 2.05) is 30.3 Å². The van der Waals surface area contributed by atoms with Gasteiger partial charge in [-0.15, -0.1) is 0 Å². The van der Waals surface area contributed by atoms with E-state index in [0.717, 1.165) is 5.56 Å². The van der Waals surface area contributed by atoms with Crippen molar-refractivity contribution in [3.8, 4) is 5.75 Å². The van der Waals surface area contributed by atoms with Gasteiger partial charge in [0.2, 0.25) is 5.91 Å². The Hall–Kier alpha value is -4.57. The zero-order valence-electron chi connectivity index (χ0n) is 17.8. The van der Waals surface area contributed by atoms with Gasteiger partial charge in [0.05, 0.1) is 10.5 Å². The molecule has 0 fully saturated rings. The lowest BCUT2D eigenvalue weighted by Crippen LogP contribution is -2.48. The molecule has 0 aliphatic rings. The van der Waals surface area contributed by atoms with Crippen LogP contribution in [-0.4, -0.2) is 21.9 Å². The van der Waals surface area contributed by atoms with E-state index in [1.165, 1.54) is 36.4 Å². The zero-order valence-corrected chi connectivity index (χ0v) is 18.6. The SMILES string of the molecule is O=C(/C=C/c1ccc([N+](=O)[O-])cc1)NC(=S)NNC(=O)c1ccccc1OCc1ccccc1. The third kappa shape index (κ3) is 7.24. The van der Waals surface area contributed by atoms with E-state index in [0.29, 0.717) is 17.9 Å².